The largest absolute Gasteiger partial charge is 1.00 e. The quantitative estimate of drug-likeness (QED) is 0.570. The van der Waals surface area contributed by atoms with Gasteiger partial charge in [-0.3, -0.25) is 4.48 Å². The molecule has 92 valence electrons. The molecule has 0 N–H and O–H groups in total. The van der Waals surface area contributed by atoms with Crippen LogP contribution in [0.1, 0.15) is 5.56 Å². The molecule has 0 aliphatic carbocycles. The number of rotatable bonds is 3. The summed E-state index contributed by atoms with van der Waals surface area (Å²) in [6.45, 7) is 1.02. The van der Waals surface area contributed by atoms with Crippen LogP contribution in [0.2, 0.25) is 0 Å². The molecule has 3 heteroatoms. The van der Waals surface area contributed by atoms with Crippen LogP contribution >= 0.6 is 0 Å². The standard InChI is InChI=1S/C15H18N.ClH.Zn/c1-16(2,15-11-7-4-8-12-15)13-14-9-5-3-6-10-14;;/h3-12H,13H2,1-2H3;1H;/q+1;;/p-1. The van der Waals surface area contributed by atoms with Crippen LogP contribution in [-0.2, 0) is 26.0 Å². The molecule has 0 saturated carbocycles. The van der Waals surface area contributed by atoms with E-state index in [1.165, 1.54) is 11.3 Å². The molecular formula is C15H18ClNZn. The molecule has 0 fully saturated rings. The van der Waals surface area contributed by atoms with Crippen molar-refractivity contribution >= 4 is 5.69 Å². The molecule has 0 bridgehead atoms. The van der Waals surface area contributed by atoms with E-state index in [-0.39, 0.29) is 31.9 Å². The number of hydrogen-bond donors (Lipinski definition) is 0. The average molecular weight is 313 g/mol. The van der Waals surface area contributed by atoms with Crippen molar-refractivity contribution in [2.24, 2.45) is 0 Å². The van der Waals surface area contributed by atoms with Gasteiger partial charge in [0.15, 0.2) is 0 Å². The Kier molecular flexibility index (Phi) is 7.39. The van der Waals surface area contributed by atoms with E-state index >= 15 is 0 Å². The second kappa shape index (κ2) is 7.68. The molecule has 0 saturated heterocycles. The van der Waals surface area contributed by atoms with E-state index in [4.69, 9.17) is 0 Å². The van der Waals surface area contributed by atoms with Crippen molar-refractivity contribution in [3.05, 3.63) is 66.2 Å². The fraction of sp³-hybridized carbons (Fsp3) is 0.200. The van der Waals surface area contributed by atoms with E-state index in [0.29, 0.717) is 0 Å². The molecule has 0 aromatic heterocycles. The van der Waals surface area contributed by atoms with Gasteiger partial charge in [-0.1, -0.05) is 48.5 Å². The molecule has 0 aliphatic rings. The number of halogens is 1. The van der Waals surface area contributed by atoms with Gasteiger partial charge in [-0.25, -0.2) is 0 Å². The summed E-state index contributed by atoms with van der Waals surface area (Å²) < 4.78 is 0.880. The monoisotopic (exact) mass is 311 g/mol. The molecule has 0 amide bonds. The maximum Gasteiger partial charge on any atom is 0.132 e. The number of nitrogens with zero attached hydrogens (tertiary/aromatic N) is 1. The first kappa shape index (κ1) is 17.3. The summed E-state index contributed by atoms with van der Waals surface area (Å²) in [5.41, 5.74) is 2.71. The zero-order valence-electron chi connectivity index (χ0n) is 11.0. The van der Waals surface area contributed by atoms with Crippen LogP contribution in [0.4, 0.5) is 5.69 Å². The minimum atomic E-state index is 0. The van der Waals surface area contributed by atoms with Gasteiger partial charge in [-0.05, 0) is 12.1 Å². The van der Waals surface area contributed by atoms with Crippen LogP contribution in [0.15, 0.2) is 60.7 Å². The first-order chi connectivity index (χ1) is 7.68. The Labute approximate surface area is 129 Å². The molecule has 0 radical (unpaired) electrons. The molecule has 2 rings (SSSR count). The fourth-order valence-corrected chi connectivity index (χ4v) is 1.96. The van der Waals surface area contributed by atoms with Gasteiger partial charge >= 0.3 is 0 Å². The number of quaternary nitrogens is 1. The molecule has 2 aromatic rings. The second-order valence-corrected chi connectivity index (χ2v) is 4.66. The van der Waals surface area contributed by atoms with Gasteiger partial charge in [-0.2, -0.15) is 0 Å². The molecule has 2 aromatic carbocycles. The third-order valence-electron chi connectivity index (χ3n) is 2.88. The van der Waals surface area contributed by atoms with Crippen LogP contribution in [0, 0.1) is 0 Å². The first-order valence-electron chi connectivity index (χ1n) is 5.61. The van der Waals surface area contributed by atoms with Crippen LogP contribution in [0.3, 0.4) is 0 Å². The van der Waals surface area contributed by atoms with Crippen molar-refractivity contribution in [2.75, 3.05) is 14.1 Å². The minimum Gasteiger partial charge on any atom is -1.00 e. The van der Waals surface area contributed by atoms with Crippen molar-refractivity contribution in [3.63, 3.8) is 0 Å². The zero-order valence-corrected chi connectivity index (χ0v) is 14.7. The molecule has 0 aliphatic heterocycles. The Bertz CT molecular complexity index is 443. The maximum atomic E-state index is 2.24. The normalized spacial score (nSPS) is 10.1. The van der Waals surface area contributed by atoms with Crippen LogP contribution < -0.4 is 16.9 Å². The Hall–Kier alpha value is -0.687. The van der Waals surface area contributed by atoms with E-state index in [9.17, 15) is 0 Å². The first-order valence-corrected chi connectivity index (χ1v) is 5.61. The Morgan fingerprint density at radius 2 is 1.22 bits per heavy atom. The van der Waals surface area contributed by atoms with Gasteiger partial charge in [0.05, 0.1) is 14.1 Å². The predicted molar refractivity (Wildman–Crippen MR) is 70.2 cm³/mol. The Balaban J connectivity index is 0.00000144. The maximum absolute atomic E-state index is 2.24. The number of para-hydroxylation sites is 1. The SMILES string of the molecule is C[N+](C)(Cc1ccccc1)c1ccccc1.[Cl-].[Zn]. The average Bonchev–Trinajstić information content (AvgIpc) is 2.31. The van der Waals surface area contributed by atoms with Crippen LogP contribution in [0.5, 0.6) is 0 Å². The van der Waals surface area contributed by atoms with Gasteiger partial charge in [0.2, 0.25) is 0 Å². The summed E-state index contributed by atoms with van der Waals surface area (Å²) in [7, 11) is 4.48. The summed E-state index contributed by atoms with van der Waals surface area (Å²) in [6.07, 6.45) is 0. The van der Waals surface area contributed by atoms with Crippen molar-refractivity contribution in [1.82, 2.24) is 4.48 Å². The fourth-order valence-electron chi connectivity index (χ4n) is 1.96. The Morgan fingerprint density at radius 3 is 1.72 bits per heavy atom. The van der Waals surface area contributed by atoms with E-state index in [1.54, 1.807) is 0 Å². The van der Waals surface area contributed by atoms with E-state index in [1.807, 2.05) is 0 Å². The van der Waals surface area contributed by atoms with Gasteiger partial charge in [0.1, 0.15) is 12.2 Å². The second-order valence-electron chi connectivity index (χ2n) is 4.66. The number of hydrogen-bond acceptors (Lipinski definition) is 0. The predicted octanol–water partition coefficient (Wildman–Crippen LogP) is 0.455. The van der Waals surface area contributed by atoms with E-state index in [2.05, 4.69) is 74.8 Å². The van der Waals surface area contributed by atoms with Crippen LogP contribution in [0.25, 0.3) is 0 Å². The van der Waals surface area contributed by atoms with Gasteiger partial charge in [0, 0.05) is 25.0 Å². The van der Waals surface area contributed by atoms with Crippen molar-refractivity contribution in [2.45, 2.75) is 6.54 Å². The topological polar surface area (TPSA) is 0 Å². The summed E-state index contributed by atoms with van der Waals surface area (Å²) in [5.74, 6) is 0. The molecule has 18 heavy (non-hydrogen) atoms. The third kappa shape index (κ3) is 4.53. The number of benzene rings is 2. The van der Waals surface area contributed by atoms with Crippen molar-refractivity contribution in [1.29, 1.82) is 0 Å². The van der Waals surface area contributed by atoms with E-state index in [0.717, 1.165) is 11.0 Å². The van der Waals surface area contributed by atoms with Crippen molar-refractivity contribution < 1.29 is 31.9 Å². The molecule has 0 unspecified atom stereocenters. The molecule has 1 nitrogen and oxygen atoms in total. The van der Waals surface area contributed by atoms with Gasteiger partial charge < -0.3 is 12.4 Å². The van der Waals surface area contributed by atoms with Crippen molar-refractivity contribution in [3.8, 4) is 0 Å². The summed E-state index contributed by atoms with van der Waals surface area (Å²) in [6, 6.07) is 21.2. The summed E-state index contributed by atoms with van der Waals surface area (Å²) in [4.78, 5) is 0. The van der Waals surface area contributed by atoms with Crippen LogP contribution in [-0.4, -0.2) is 14.1 Å². The zero-order chi connectivity index (χ0) is 11.4. The molecule has 0 spiro atoms. The van der Waals surface area contributed by atoms with Gasteiger partial charge in [0.25, 0.3) is 0 Å². The van der Waals surface area contributed by atoms with E-state index < -0.39 is 0 Å². The summed E-state index contributed by atoms with van der Waals surface area (Å²) in [5, 5.41) is 0. The molecular weight excluding hydrogens is 295 g/mol. The minimum absolute atomic E-state index is 0. The smallest absolute Gasteiger partial charge is 0.132 e. The third-order valence-corrected chi connectivity index (χ3v) is 2.88. The molecule has 0 atom stereocenters. The Morgan fingerprint density at radius 1 is 0.778 bits per heavy atom. The molecule has 0 heterocycles. The summed E-state index contributed by atoms with van der Waals surface area (Å²) >= 11 is 0. The van der Waals surface area contributed by atoms with Gasteiger partial charge in [-0.15, -0.1) is 0 Å².